The van der Waals surface area contributed by atoms with Crippen LogP contribution in [0.25, 0.3) is 11.3 Å². The molecule has 0 aliphatic carbocycles. The van der Waals surface area contributed by atoms with Crippen LogP contribution in [0.4, 0.5) is 16.3 Å². The van der Waals surface area contributed by atoms with Crippen molar-refractivity contribution < 1.29 is 9.32 Å². The van der Waals surface area contributed by atoms with E-state index in [-0.39, 0.29) is 6.03 Å². The van der Waals surface area contributed by atoms with Crippen molar-refractivity contribution in [1.29, 1.82) is 0 Å². The van der Waals surface area contributed by atoms with Crippen LogP contribution in [-0.2, 0) is 6.42 Å². The number of hydrogen-bond donors (Lipinski definition) is 2. The second-order valence-corrected chi connectivity index (χ2v) is 5.03. The van der Waals surface area contributed by atoms with E-state index >= 15 is 0 Å². The van der Waals surface area contributed by atoms with Crippen LogP contribution in [0.15, 0.2) is 65.2 Å². The Hall–Kier alpha value is -3.08. The van der Waals surface area contributed by atoms with Gasteiger partial charge >= 0.3 is 6.03 Å². The molecule has 1 aromatic heterocycles. The monoisotopic (exact) mass is 307 g/mol. The smallest absolute Gasteiger partial charge is 0.324 e. The number of amides is 2. The molecule has 0 spiro atoms. The van der Waals surface area contributed by atoms with Crippen molar-refractivity contribution in [3.8, 4) is 11.3 Å². The van der Waals surface area contributed by atoms with E-state index in [1.807, 2.05) is 61.5 Å². The van der Waals surface area contributed by atoms with Crippen molar-refractivity contribution in [3.63, 3.8) is 0 Å². The molecule has 1 heterocycles. The second kappa shape index (κ2) is 6.79. The van der Waals surface area contributed by atoms with E-state index in [1.165, 1.54) is 0 Å². The van der Waals surface area contributed by atoms with Crippen LogP contribution in [0.2, 0.25) is 0 Å². The summed E-state index contributed by atoms with van der Waals surface area (Å²) in [7, 11) is 0. The summed E-state index contributed by atoms with van der Waals surface area (Å²) in [5.74, 6) is 0.977. The van der Waals surface area contributed by atoms with Crippen molar-refractivity contribution in [1.82, 2.24) is 5.16 Å². The minimum Gasteiger partial charge on any atom is -0.354 e. The average Bonchev–Trinajstić information content (AvgIpc) is 3.04. The fourth-order valence-electron chi connectivity index (χ4n) is 2.29. The first-order chi connectivity index (χ1) is 11.3. The van der Waals surface area contributed by atoms with Crippen LogP contribution >= 0.6 is 0 Å². The maximum absolute atomic E-state index is 12.1. The molecule has 0 unspecified atom stereocenters. The number of hydrogen-bond acceptors (Lipinski definition) is 3. The van der Waals surface area contributed by atoms with Gasteiger partial charge in [0.15, 0.2) is 11.6 Å². The van der Waals surface area contributed by atoms with Crippen molar-refractivity contribution in [2.45, 2.75) is 13.3 Å². The molecule has 0 aliphatic rings. The third kappa shape index (κ3) is 3.58. The zero-order valence-corrected chi connectivity index (χ0v) is 12.7. The van der Waals surface area contributed by atoms with Crippen LogP contribution in [0.1, 0.15) is 12.5 Å². The molecular weight excluding hydrogens is 290 g/mol. The van der Waals surface area contributed by atoms with Gasteiger partial charge in [-0.15, -0.1) is 0 Å². The van der Waals surface area contributed by atoms with Crippen molar-refractivity contribution in [3.05, 3.63) is 66.2 Å². The number of carbonyl (C=O) groups is 1. The zero-order valence-electron chi connectivity index (χ0n) is 12.7. The number of nitrogens with one attached hydrogen (secondary N) is 2. The number of carbonyl (C=O) groups excluding carboxylic acids is 1. The number of aromatic nitrogens is 1. The van der Waals surface area contributed by atoms with Gasteiger partial charge in [-0.3, -0.25) is 5.32 Å². The lowest BCUT2D eigenvalue weighted by molar-refractivity contribution is 0.262. The molecule has 0 saturated carbocycles. The predicted octanol–water partition coefficient (Wildman–Crippen LogP) is 4.55. The summed E-state index contributed by atoms with van der Waals surface area (Å²) in [4.78, 5) is 12.1. The van der Waals surface area contributed by atoms with E-state index < -0.39 is 0 Å². The van der Waals surface area contributed by atoms with Gasteiger partial charge in [0.05, 0.1) is 0 Å². The molecular formula is C18H17N3O2. The molecule has 5 nitrogen and oxygen atoms in total. The van der Waals surface area contributed by atoms with Gasteiger partial charge in [0, 0.05) is 17.3 Å². The van der Waals surface area contributed by atoms with E-state index in [1.54, 1.807) is 6.07 Å². The van der Waals surface area contributed by atoms with Crippen molar-refractivity contribution in [2.75, 3.05) is 10.6 Å². The van der Waals surface area contributed by atoms with Crippen molar-refractivity contribution in [2.24, 2.45) is 0 Å². The molecule has 0 saturated heterocycles. The molecule has 0 fully saturated rings. The number of benzene rings is 2. The molecule has 116 valence electrons. The number of aryl methyl sites for hydroxylation is 1. The molecule has 0 atom stereocenters. The molecule has 23 heavy (non-hydrogen) atoms. The Morgan fingerprint density at radius 1 is 1.04 bits per heavy atom. The van der Waals surface area contributed by atoms with E-state index in [0.717, 1.165) is 23.2 Å². The lowest BCUT2D eigenvalue weighted by Gasteiger charge is -2.09. The molecule has 2 aromatic carbocycles. The maximum Gasteiger partial charge on any atom is 0.324 e. The summed E-state index contributed by atoms with van der Waals surface area (Å²) in [5.41, 5.74) is 2.77. The molecule has 2 N–H and O–H groups in total. The molecule has 2 amide bonds. The van der Waals surface area contributed by atoms with E-state index in [4.69, 9.17) is 4.52 Å². The maximum atomic E-state index is 12.1. The topological polar surface area (TPSA) is 67.2 Å². The summed E-state index contributed by atoms with van der Waals surface area (Å²) >= 11 is 0. The number of urea groups is 1. The highest BCUT2D eigenvalue weighted by Crippen LogP contribution is 2.22. The van der Waals surface area contributed by atoms with Crippen molar-refractivity contribution >= 4 is 17.5 Å². The molecule has 0 radical (unpaired) electrons. The molecule has 3 aromatic rings. The molecule has 3 rings (SSSR count). The van der Waals surface area contributed by atoms with Gasteiger partial charge in [-0.1, -0.05) is 60.6 Å². The van der Waals surface area contributed by atoms with E-state index in [9.17, 15) is 4.79 Å². The van der Waals surface area contributed by atoms with Gasteiger partial charge < -0.3 is 9.84 Å². The minimum absolute atomic E-state index is 0.348. The Bertz CT molecular complexity index is 797. The Kier molecular flexibility index (Phi) is 4.38. The summed E-state index contributed by atoms with van der Waals surface area (Å²) in [6, 6.07) is 18.6. The first-order valence-electron chi connectivity index (χ1n) is 7.44. The van der Waals surface area contributed by atoms with E-state index in [2.05, 4.69) is 15.8 Å². The number of anilines is 2. The standard InChI is InChI=1S/C18H17N3O2/c1-2-13-8-6-7-11-15(13)19-18(22)20-17-12-16(23-21-17)14-9-4-3-5-10-14/h3-12H,2H2,1H3,(H2,19,20,21,22). The second-order valence-electron chi connectivity index (χ2n) is 5.03. The predicted molar refractivity (Wildman–Crippen MR) is 90.4 cm³/mol. The third-order valence-electron chi connectivity index (χ3n) is 3.46. The van der Waals surface area contributed by atoms with Gasteiger partial charge in [-0.05, 0) is 18.1 Å². The number of para-hydroxylation sites is 1. The Balaban J connectivity index is 1.68. The van der Waals surface area contributed by atoms with Gasteiger partial charge in [-0.25, -0.2) is 4.79 Å². The van der Waals surface area contributed by atoms with Crippen LogP contribution in [0.5, 0.6) is 0 Å². The van der Waals surface area contributed by atoms with E-state index in [0.29, 0.717) is 11.6 Å². The largest absolute Gasteiger partial charge is 0.354 e. The zero-order chi connectivity index (χ0) is 16.1. The first kappa shape index (κ1) is 14.8. The van der Waals surface area contributed by atoms with Gasteiger partial charge in [0.1, 0.15) is 0 Å². The normalized spacial score (nSPS) is 10.3. The van der Waals surface area contributed by atoms with Crippen LogP contribution in [0, 0.1) is 0 Å². The fraction of sp³-hybridized carbons (Fsp3) is 0.111. The molecule has 0 bridgehead atoms. The Labute approximate surface area is 134 Å². The Morgan fingerprint density at radius 3 is 2.57 bits per heavy atom. The summed E-state index contributed by atoms with van der Waals surface area (Å²) in [6.45, 7) is 2.04. The SMILES string of the molecule is CCc1ccccc1NC(=O)Nc1cc(-c2ccccc2)on1. The lowest BCUT2D eigenvalue weighted by Crippen LogP contribution is -2.20. The fourth-order valence-corrected chi connectivity index (χ4v) is 2.29. The quantitative estimate of drug-likeness (QED) is 0.743. The summed E-state index contributed by atoms with van der Waals surface area (Å²) in [5, 5.41) is 9.37. The highest BCUT2D eigenvalue weighted by Gasteiger charge is 2.10. The summed E-state index contributed by atoms with van der Waals surface area (Å²) in [6.07, 6.45) is 0.846. The highest BCUT2D eigenvalue weighted by molar-refractivity contribution is 5.99. The molecule has 0 aliphatic heterocycles. The Morgan fingerprint density at radius 2 is 1.78 bits per heavy atom. The van der Waals surface area contributed by atoms with Gasteiger partial charge in [0.25, 0.3) is 0 Å². The number of nitrogens with zero attached hydrogens (tertiary/aromatic N) is 1. The lowest BCUT2D eigenvalue weighted by atomic mass is 10.1. The first-order valence-corrected chi connectivity index (χ1v) is 7.44. The molecule has 5 heteroatoms. The number of rotatable bonds is 4. The highest BCUT2D eigenvalue weighted by atomic mass is 16.5. The minimum atomic E-state index is -0.348. The van der Waals surface area contributed by atoms with Crippen LogP contribution < -0.4 is 10.6 Å². The summed E-state index contributed by atoms with van der Waals surface area (Å²) < 4.78 is 5.25. The van der Waals surface area contributed by atoms with Gasteiger partial charge in [0.2, 0.25) is 0 Å². The van der Waals surface area contributed by atoms with Crippen LogP contribution in [0.3, 0.4) is 0 Å². The third-order valence-corrected chi connectivity index (χ3v) is 3.46. The van der Waals surface area contributed by atoms with Crippen LogP contribution in [-0.4, -0.2) is 11.2 Å². The van der Waals surface area contributed by atoms with Gasteiger partial charge in [-0.2, -0.15) is 0 Å². The average molecular weight is 307 g/mol.